The molecule has 0 atom stereocenters. The molecule has 0 fully saturated rings. The van der Waals surface area contributed by atoms with Gasteiger partial charge in [0.2, 0.25) is 5.95 Å². The van der Waals surface area contributed by atoms with E-state index in [2.05, 4.69) is 30.5 Å². The Labute approximate surface area is 166 Å². The van der Waals surface area contributed by atoms with Gasteiger partial charge in [-0.3, -0.25) is 4.98 Å². The van der Waals surface area contributed by atoms with Crippen molar-refractivity contribution in [2.45, 2.75) is 6.42 Å². The molecule has 0 radical (unpaired) electrons. The summed E-state index contributed by atoms with van der Waals surface area (Å²) in [6.07, 6.45) is 2.47. The summed E-state index contributed by atoms with van der Waals surface area (Å²) in [5.41, 5.74) is 0.561. The summed E-state index contributed by atoms with van der Waals surface area (Å²) < 4.78 is 41.2. The van der Waals surface area contributed by atoms with Gasteiger partial charge in [-0.05, 0) is 39.2 Å². The van der Waals surface area contributed by atoms with Crippen LogP contribution < -0.4 is 10.6 Å². The molecule has 3 rings (SSSR count). The van der Waals surface area contributed by atoms with E-state index in [1.165, 1.54) is 6.07 Å². The first-order valence-electron chi connectivity index (χ1n) is 9.03. The molecule has 0 amide bonds. The Balaban J connectivity index is 1.90. The van der Waals surface area contributed by atoms with E-state index >= 15 is 0 Å². The Bertz CT molecular complexity index is 943. The molecule has 3 aromatic rings. The molecule has 29 heavy (non-hydrogen) atoms. The van der Waals surface area contributed by atoms with Crippen LogP contribution in [0.1, 0.15) is 6.42 Å². The van der Waals surface area contributed by atoms with Gasteiger partial charge < -0.3 is 15.5 Å². The van der Waals surface area contributed by atoms with Crippen molar-refractivity contribution in [1.29, 1.82) is 0 Å². The van der Waals surface area contributed by atoms with E-state index < -0.39 is 23.1 Å². The highest BCUT2D eigenvalue weighted by atomic mass is 19.1. The maximum absolute atomic E-state index is 14.0. The van der Waals surface area contributed by atoms with Gasteiger partial charge in [-0.25, -0.2) is 18.2 Å². The zero-order valence-corrected chi connectivity index (χ0v) is 16.1. The molecule has 0 saturated carbocycles. The Kier molecular flexibility index (Phi) is 6.61. The minimum atomic E-state index is -1.05. The van der Waals surface area contributed by atoms with Crippen molar-refractivity contribution in [3.63, 3.8) is 0 Å². The highest BCUT2D eigenvalue weighted by Gasteiger charge is 2.14. The molecule has 0 saturated heterocycles. The molecule has 2 N–H and O–H groups in total. The van der Waals surface area contributed by atoms with Crippen molar-refractivity contribution < 1.29 is 13.2 Å². The smallest absolute Gasteiger partial charge is 0.225 e. The van der Waals surface area contributed by atoms with Gasteiger partial charge >= 0.3 is 0 Å². The zero-order chi connectivity index (χ0) is 20.8. The fourth-order valence-corrected chi connectivity index (χ4v) is 2.62. The van der Waals surface area contributed by atoms with Crippen LogP contribution in [0.2, 0.25) is 0 Å². The first-order chi connectivity index (χ1) is 13.9. The number of benzene rings is 1. The normalized spacial score (nSPS) is 11.0. The first kappa shape index (κ1) is 20.5. The molecule has 152 valence electrons. The topological polar surface area (TPSA) is 66.0 Å². The van der Waals surface area contributed by atoms with Crippen LogP contribution >= 0.6 is 0 Å². The second-order valence-electron chi connectivity index (χ2n) is 6.63. The molecule has 0 unspecified atom stereocenters. The molecule has 1 aromatic carbocycles. The van der Waals surface area contributed by atoms with Crippen molar-refractivity contribution in [3.05, 3.63) is 60.0 Å². The van der Waals surface area contributed by atoms with E-state index in [1.54, 1.807) is 24.4 Å². The second-order valence-corrected chi connectivity index (χ2v) is 6.63. The quantitative estimate of drug-likeness (QED) is 0.554. The van der Waals surface area contributed by atoms with Crippen molar-refractivity contribution in [3.8, 4) is 11.4 Å². The minimum Gasteiger partial charge on any atom is -0.354 e. The molecule has 6 nitrogen and oxygen atoms in total. The van der Waals surface area contributed by atoms with Crippen LogP contribution in [0.4, 0.5) is 30.6 Å². The third kappa shape index (κ3) is 5.64. The first-order valence-corrected chi connectivity index (χ1v) is 9.03. The summed E-state index contributed by atoms with van der Waals surface area (Å²) in [6.45, 7) is 1.49. The molecular weight excluding hydrogens is 381 g/mol. The third-order valence-electron chi connectivity index (χ3n) is 3.98. The number of rotatable bonds is 8. The van der Waals surface area contributed by atoms with Gasteiger partial charge in [0.25, 0.3) is 0 Å². The van der Waals surface area contributed by atoms with Gasteiger partial charge in [0.1, 0.15) is 17.3 Å². The number of halogens is 3. The van der Waals surface area contributed by atoms with Crippen LogP contribution in [0, 0.1) is 17.5 Å². The standard InChI is InChI=1S/C20H21F3N6/c1-29(2)9-5-8-25-20-26-17(16-6-3-4-7-24-16)12-18(28-20)27-19-14(22)10-13(21)11-15(19)23/h3-4,6-7,10-12H,5,8-9H2,1-2H3,(H2,25,26,27,28). The molecule has 0 aliphatic carbocycles. The number of hydrogen-bond acceptors (Lipinski definition) is 6. The Morgan fingerprint density at radius 3 is 2.38 bits per heavy atom. The highest BCUT2D eigenvalue weighted by molar-refractivity contribution is 5.65. The molecule has 0 aliphatic rings. The van der Waals surface area contributed by atoms with Gasteiger partial charge in [-0.1, -0.05) is 6.07 Å². The zero-order valence-electron chi connectivity index (χ0n) is 16.1. The van der Waals surface area contributed by atoms with Crippen LogP contribution in [-0.2, 0) is 0 Å². The van der Waals surface area contributed by atoms with E-state index in [0.29, 0.717) is 30.1 Å². The van der Waals surface area contributed by atoms with Crippen molar-refractivity contribution in [2.24, 2.45) is 0 Å². The number of nitrogens with one attached hydrogen (secondary N) is 2. The fourth-order valence-electron chi connectivity index (χ4n) is 2.62. The highest BCUT2D eigenvalue weighted by Crippen LogP contribution is 2.26. The van der Waals surface area contributed by atoms with E-state index in [1.807, 2.05) is 14.1 Å². The average Bonchev–Trinajstić information content (AvgIpc) is 2.68. The van der Waals surface area contributed by atoms with E-state index in [4.69, 9.17) is 0 Å². The predicted molar refractivity (Wildman–Crippen MR) is 107 cm³/mol. The average molecular weight is 402 g/mol. The lowest BCUT2D eigenvalue weighted by Gasteiger charge is -2.13. The molecule has 2 aromatic heterocycles. The monoisotopic (exact) mass is 402 g/mol. The lowest BCUT2D eigenvalue weighted by Crippen LogP contribution is -2.17. The summed E-state index contributed by atoms with van der Waals surface area (Å²) in [6, 6.07) is 8.07. The molecule has 0 bridgehead atoms. The van der Waals surface area contributed by atoms with Gasteiger partial charge in [0, 0.05) is 30.9 Å². The Morgan fingerprint density at radius 1 is 0.966 bits per heavy atom. The lowest BCUT2D eigenvalue weighted by molar-refractivity contribution is 0.405. The summed E-state index contributed by atoms with van der Waals surface area (Å²) in [5.74, 6) is -2.66. The van der Waals surface area contributed by atoms with Crippen LogP contribution in [0.3, 0.4) is 0 Å². The predicted octanol–water partition coefficient (Wildman–Crippen LogP) is 4.06. The van der Waals surface area contributed by atoms with Gasteiger partial charge in [0.05, 0.1) is 11.4 Å². The Morgan fingerprint density at radius 2 is 1.72 bits per heavy atom. The van der Waals surface area contributed by atoms with Crippen LogP contribution in [0.25, 0.3) is 11.4 Å². The Hall–Kier alpha value is -3.20. The summed E-state index contributed by atoms with van der Waals surface area (Å²) >= 11 is 0. The van der Waals surface area contributed by atoms with Crippen LogP contribution in [-0.4, -0.2) is 47.0 Å². The van der Waals surface area contributed by atoms with Gasteiger partial charge in [-0.15, -0.1) is 0 Å². The number of hydrogen-bond donors (Lipinski definition) is 2. The van der Waals surface area contributed by atoms with E-state index in [0.717, 1.165) is 13.0 Å². The lowest BCUT2D eigenvalue weighted by atomic mass is 10.2. The van der Waals surface area contributed by atoms with Crippen molar-refractivity contribution in [1.82, 2.24) is 19.9 Å². The summed E-state index contributed by atoms with van der Waals surface area (Å²) in [7, 11) is 3.96. The number of anilines is 3. The summed E-state index contributed by atoms with van der Waals surface area (Å²) in [4.78, 5) is 15.0. The summed E-state index contributed by atoms with van der Waals surface area (Å²) in [5, 5.41) is 5.69. The van der Waals surface area contributed by atoms with Crippen LogP contribution in [0.5, 0.6) is 0 Å². The SMILES string of the molecule is CN(C)CCCNc1nc(Nc2c(F)cc(F)cc2F)cc(-c2ccccn2)n1. The fraction of sp³-hybridized carbons (Fsp3) is 0.250. The maximum Gasteiger partial charge on any atom is 0.225 e. The molecule has 9 heteroatoms. The number of nitrogens with zero attached hydrogens (tertiary/aromatic N) is 4. The van der Waals surface area contributed by atoms with E-state index in [-0.39, 0.29) is 11.8 Å². The number of pyridine rings is 1. The molecular formula is C20H21F3N6. The third-order valence-corrected chi connectivity index (χ3v) is 3.98. The second kappa shape index (κ2) is 9.33. The maximum atomic E-state index is 14.0. The van der Waals surface area contributed by atoms with Crippen molar-refractivity contribution >= 4 is 17.5 Å². The molecule has 0 aliphatic heterocycles. The van der Waals surface area contributed by atoms with Gasteiger partial charge in [-0.2, -0.15) is 4.98 Å². The van der Waals surface area contributed by atoms with Crippen LogP contribution in [0.15, 0.2) is 42.6 Å². The molecule has 0 spiro atoms. The van der Waals surface area contributed by atoms with Crippen molar-refractivity contribution in [2.75, 3.05) is 37.8 Å². The van der Waals surface area contributed by atoms with E-state index in [9.17, 15) is 13.2 Å². The number of aromatic nitrogens is 3. The largest absolute Gasteiger partial charge is 0.354 e. The minimum absolute atomic E-state index is 0.153. The molecule has 2 heterocycles. The van der Waals surface area contributed by atoms with Gasteiger partial charge in [0.15, 0.2) is 11.6 Å².